The predicted octanol–water partition coefficient (Wildman–Crippen LogP) is 2.03. The minimum Gasteiger partial charge on any atom is -0.365 e. The number of piperidine rings is 1. The molecular formula is C11H17ClN4. The van der Waals surface area contributed by atoms with Gasteiger partial charge < -0.3 is 10.2 Å². The summed E-state index contributed by atoms with van der Waals surface area (Å²) in [5, 5.41) is 11.7. The van der Waals surface area contributed by atoms with Crippen LogP contribution in [0.25, 0.3) is 0 Å². The number of nitrogens with zero attached hydrogens (tertiary/aromatic N) is 3. The van der Waals surface area contributed by atoms with Crippen molar-refractivity contribution in [3.63, 3.8) is 0 Å². The summed E-state index contributed by atoms with van der Waals surface area (Å²) in [6.07, 6.45) is 2.44. The number of likely N-dealkylation sites (N-methyl/N-ethyl adjacent to an activating group) is 1. The lowest BCUT2D eigenvalue weighted by Crippen LogP contribution is -2.41. The van der Waals surface area contributed by atoms with Crippen LogP contribution < -0.4 is 5.32 Å². The molecule has 4 nitrogen and oxygen atoms in total. The summed E-state index contributed by atoms with van der Waals surface area (Å²) >= 11 is 5.69. The molecule has 16 heavy (non-hydrogen) atoms. The molecule has 0 aromatic carbocycles. The van der Waals surface area contributed by atoms with Gasteiger partial charge >= 0.3 is 0 Å². The third-order valence-corrected chi connectivity index (χ3v) is 3.14. The van der Waals surface area contributed by atoms with Gasteiger partial charge in [0.1, 0.15) is 5.82 Å². The van der Waals surface area contributed by atoms with Crippen molar-refractivity contribution in [2.24, 2.45) is 0 Å². The minimum atomic E-state index is 0.435. The molecule has 1 saturated heterocycles. The normalized spacial score (nSPS) is 22.0. The molecule has 1 atom stereocenters. The Morgan fingerprint density at radius 1 is 1.50 bits per heavy atom. The summed E-state index contributed by atoms with van der Waals surface area (Å²) in [6, 6.07) is 4.11. The molecule has 2 heterocycles. The van der Waals surface area contributed by atoms with Crippen molar-refractivity contribution in [3.05, 3.63) is 17.3 Å². The molecule has 1 aromatic rings. The third-order valence-electron chi connectivity index (χ3n) is 2.94. The van der Waals surface area contributed by atoms with Gasteiger partial charge in [0.25, 0.3) is 0 Å². The summed E-state index contributed by atoms with van der Waals surface area (Å²) in [5.74, 6) is 0.812. The van der Waals surface area contributed by atoms with Crippen LogP contribution in [0.4, 0.5) is 5.82 Å². The molecular weight excluding hydrogens is 224 g/mol. The van der Waals surface area contributed by atoms with Crippen molar-refractivity contribution in [1.29, 1.82) is 0 Å². The van der Waals surface area contributed by atoms with Gasteiger partial charge in [0.2, 0.25) is 0 Å². The van der Waals surface area contributed by atoms with Crippen molar-refractivity contribution in [1.82, 2.24) is 15.1 Å². The second-order valence-corrected chi connectivity index (χ2v) is 4.51. The molecule has 5 heteroatoms. The van der Waals surface area contributed by atoms with E-state index in [0.29, 0.717) is 11.2 Å². The van der Waals surface area contributed by atoms with Gasteiger partial charge in [0.05, 0.1) is 0 Å². The monoisotopic (exact) mass is 240 g/mol. The van der Waals surface area contributed by atoms with Gasteiger partial charge in [-0.25, -0.2) is 0 Å². The fourth-order valence-corrected chi connectivity index (χ4v) is 2.16. The Kier molecular flexibility index (Phi) is 3.96. The lowest BCUT2D eigenvalue weighted by Gasteiger charge is -2.32. The largest absolute Gasteiger partial charge is 0.365 e. The number of halogens is 1. The van der Waals surface area contributed by atoms with E-state index < -0.39 is 0 Å². The molecule has 0 spiro atoms. The van der Waals surface area contributed by atoms with Crippen LogP contribution in [0.3, 0.4) is 0 Å². The Bertz CT molecular complexity index is 327. The number of anilines is 1. The van der Waals surface area contributed by atoms with E-state index in [2.05, 4.69) is 27.3 Å². The van der Waals surface area contributed by atoms with Crippen molar-refractivity contribution in [3.8, 4) is 0 Å². The van der Waals surface area contributed by atoms with E-state index in [-0.39, 0.29) is 0 Å². The number of rotatable bonds is 3. The highest BCUT2D eigenvalue weighted by Crippen LogP contribution is 2.14. The number of nitrogens with one attached hydrogen (secondary N) is 1. The number of hydrogen-bond donors (Lipinski definition) is 1. The summed E-state index contributed by atoms with van der Waals surface area (Å²) in [4.78, 5) is 2.45. The molecule has 1 unspecified atom stereocenters. The van der Waals surface area contributed by atoms with Crippen LogP contribution in [-0.4, -0.2) is 40.8 Å². The average Bonchev–Trinajstić information content (AvgIpc) is 2.32. The minimum absolute atomic E-state index is 0.435. The Morgan fingerprint density at radius 3 is 3.06 bits per heavy atom. The summed E-state index contributed by atoms with van der Waals surface area (Å²) in [6.45, 7) is 5.61. The van der Waals surface area contributed by atoms with Crippen LogP contribution in [0.15, 0.2) is 12.1 Å². The number of hydrogen-bond acceptors (Lipinski definition) is 4. The highest BCUT2D eigenvalue weighted by atomic mass is 35.5. The second-order valence-electron chi connectivity index (χ2n) is 4.12. The Labute approximate surface area is 101 Å². The maximum absolute atomic E-state index is 5.69. The van der Waals surface area contributed by atoms with Gasteiger partial charge in [-0.2, -0.15) is 0 Å². The van der Waals surface area contributed by atoms with Gasteiger partial charge in [-0.15, -0.1) is 10.2 Å². The summed E-state index contributed by atoms with van der Waals surface area (Å²) in [5.41, 5.74) is 0. The summed E-state index contributed by atoms with van der Waals surface area (Å²) < 4.78 is 0. The molecule has 88 valence electrons. The molecule has 1 fully saturated rings. The van der Waals surface area contributed by atoms with Crippen LogP contribution in [-0.2, 0) is 0 Å². The van der Waals surface area contributed by atoms with Gasteiger partial charge in [-0.1, -0.05) is 18.5 Å². The van der Waals surface area contributed by atoms with Crippen molar-refractivity contribution >= 4 is 17.4 Å². The first-order valence-corrected chi connectivity index (χ1v) is 6.14. The Morgan fingerprint density at radius 2 is 2.38 bits per heavy atom. The van der Waals surface area contributed by atoms with Crippen molar-refractivity contribution in [2.75, 3.05) is 25.0 Å². The van der Waals surface area contributed by atoms with Crippen LogP contribution in [0.2, 0.25) is 5.15 Å². The average molecular weight is 241 g/mol. The van der Waals surface area contributed by atoms with Gasteiger partial charge in [0.15, 0.2) is 5.15 Å². The molecule has 0 radical (unpaired) electrons. The quantitative estimate of drug-likeness (QED) is 0.878. The standard InChI is InChI=1S/C11H17ClN4/c1-2-16-7-3-4-9(8-16)13-11-6-5-10(12)14-15-11/h5-6,9H,2-4,7-8H2,1H3,(H,13,15). The van der Waals surface area contributed by atoms with Crippen molar-refractivity contribution < 1.29 is 0 Å². The smallest absolute Gasteiger partial charge is 0.151 e. The molecule has 2 rings (SSSR count). The van der Waals surface area contributed by atoms with E-state index in [9.17, 15) is 0 Å². The van der Waals surface area contributed by atoms with E-state index in [1.807, 2.05) is 6.07 Å². The topological polar surface area (TPSA) is 41.0 Å². The predicted molar refractivity (Wildman–Crippen MR) is 65.8 cm³/mol. The van der Waals surface area contributed by atoms with Gasteiger partial charge in [-0.3, -0.25) is 0 Å². The number of aromatic nitrogens is 2. The molecule has 1 aliphatic rings. The zero-order valence-electron chi connectivity index (χ0n) is 9.49. The van der Waals surface area contributed by atoms with E-state index in [0.717, 1.165) is 18.9 Å². The maximum Gasteiger partial charge on any atom is 0.151 e. The first kappa shape index (κ1) is 11.6. The molecule has 1 N–H and O–H groups in total. The third kappa shape index (κ3) is 3.06. The van der Waals surface area contributed by atoms with E-state index >= 15 is 0 Å². The molecule has 0 bridgehead atoms. The van der Waals surface area contributed by atoms with E-state index in [4.69, 9.17) is 11.6 Å². The first-order valence-electron chi connectivity index (χ1n) is 5.76. The maximum atomic E-state index is 5.69. The molecule has 0 amide bonds. The second kappa shape index (κ2) is 5.46. The molecule has 1 aliphatic heterocycles. The van der Waals surface area contributed by atoms with Crippen LogP contribution in [0.5, 0.6) is 0 Å². The fraction of sp³-hybridized carbons (Fsp3) is 0.636. The Hall–Kier alpha value is -0.870. The van der Waals surface area contributed by atoms with Crippen molar-refractivity contribution in [2.45, 2.75) is 25.8 Å². The van der Waals surface area contributed by atoms with E-state index in [1.54, 1.807) is 6.07 Å². The zero-order chi connectivity index (χ0) is 11.4. The first-order chi connectivity index (χ1) is 7.78. The SMILES string of the molecule is CCN1CCCC(Nc2ccc(Cl)nn2)C1. The van der Waals surface area contributed by atoms with Gasteiger partial charge in [0, 0.05) is 12.6 Å². The molecule has 1 aromatic heterocycles. The highest BCUT2D eigenvalue weighted by Gasteiger charge is 2.18. The number of likely N-dealkylation sites (tertiary alicyclic amines) is 1. The van der Waals surface area contributed by atoms with Crippen LogP contribution in [0.1, 0.15) is 19.8 Å². The van der Waals surface area contributed by atoms with Crippen LogP contribution in [0, 0.1) is 0 Å². The van der Waals surface area contributed by atoms with Crippen LogP contribution >= 0.6 is 11.6 Å². The Balaban J connectivity index is 1.91. The zero-order valence-corrected chi connectivity index (χ0v) is 10.2. The molecule has 0 saturated carbocycles. The molecule has 0 aliphatic carbocycles. The summed E-state index contributed by atoms with van der Waals surface area (Å²) in [7, 11) is 0. The lowest BCUT2D eigenvalue weighted by molar-refractivity contribution is 0.226. The lowest BCUT2D eigenvalue weighted by atomic mass is 10.1. The van der Waals surface area contributed by atoms with Gasteiger partial charge in [-0.05, 0) is 38.1 Å². The highest BCUT2D eigenvalue weighted by molar-refractivity contribution is 6.29. The fourth-order valence-electron chi connectivity index (χ4n) is 2.06. The van der Waals surface area contributed by atoms with E-state index in [1.165, 1.54) is 19.4 Å².